The predicted octanol–water partition coefficient (Wildman–Crippen LogP) is 1.83. The van der Waals surface area contributed by atoms with Crippen LogP contribution in [0.5, 0.6) is 0 Å². The van der Waals surface area contributed by atoms with Gasteiger partial charge < -0.3 is 15.1 Å². The summed E-state index contributed by atoms with van der Waals surface area (Å²) in [5.41, 5.74) is 7.45. The number of hydrogen-bond donors (Lipinski definition) is 1. The third kappa shape index (κ3) is 2.62. The summed E-state index contributed by atoms with van der Waals surface area (Å²) in [5, 5.41) is 0. The van der Waals surface area contributed by atoms with E-state index >= 15 is 0 Å². The van der Waals surface area contributed by atoms with Crippen LogP contribution in [0.4, 0.5) is 5.69 Å². The lowest BCUT2D eigenvalue weighted by molar-refractivity contribution is 0.0795. The molecule has 1 fully saturated rings. The molecule has 1 aromatic carbocycles. The van der Waals surface area contributed by atoms with Crippen molar-refractivity contribution in [2.45, 2.75) is 12.8 Å². The fraction of sp³-hybridized carbons (Fsp3) is 0.353. The molecule has 0 saturated carbocycles. The van der Waals surface area contributed by atoms with Crippen molar-refractivity contribution in [3.63, 3.8) is 0 Å². The van der Waals surface area contributed by atoms with Crippen LogP contribution >= 0.6 is 0 Å². The monoisotopic (exact) mass is 325 g/mol. The van der Waals surface area contributed by atoms with Crippen molar-refractivity contribution in [1.82, 2.24) is 14.8 Å². The normalized spacial score (nSPS) is 17.4. The first-order valence-electron chi connectivity index (χ1n) is 8.15. The first kappa shape index (κ1) is 14.7. The van der Waals surface area contributed by atoms with Crippen LogP contribution in [0.1, 0.15) is 23.3 Å². The molecular formula is C17H19N5O2. The van der Waals surface area contributed by atoms with Crippen molar-refractivity contribution in [2.75, 3.05) is 31.9 Å². The summed E-state index contributed by atoms with van der Waals surface area (Å²) < 4.78 is 5.49. The van der Waals surface area contributed by atoms with Gasteiger partial charge in [0.1, 0.15) is 6.26 Å². The van der Waals surface area contributed by atoms with E-state index < -0.39 is 0 Å². The molecule has 24 heavy (non-hydrogen) atoms. The minimum Gasteiger partial charge on any atom is -0.444 e. The van der Waals surface area contributed by atoms with E-state index in [9.17, 15) is 4.79 Å². The van der Waals surface area contributed by atoms with Gasteiger partial charge in [0.15, 0.2) is 5.69 Å². The molecule has 1 amide bonds. The number of carbonyl (C=O) groups excluding carboxylic acids is 1. The van der Waals surface area contributed by atoms with E-state index in [-0.39, 0.29) is 5.91 Å². The molecule has 0 atom stereocenters. The maximum absolute atomic E-state index is 12.8. The Morgan fingerprint density at radius 1 is 1.12 bits per heavy atom. The molecule has 4 rings (SSSR count). The van der Waals surface area contributed by atoms with Gasteiger partial charge in [-0.15, -0.1) is 0 Å². The lowest BCUT2D eigenvalue weighted by Crippen LogP contribution is -2.54. The first-order valence-corrected chi connectivity index (χ1v) is 8.15. The Bertz CT molecular complexity index is 781. The van der Waals surface area contributed by atoms with E-state index in [0.717, 1.165) is 44.0 Å². The third-order valence-corrected chi connectivity index (χ3v) is 4.30. The number of hydrogen-bond acceptors (Lipinski definition) is 6. The number of fused-ring (bicyclic) bond motifs is 1. The number of anilines is 1. The smallest absolute Gasteiger partial charge is 0.282 e. The number of benzene rings is 1. The van der Waals surface area contributed by atoms with Crippen LogP contribution in [0.15, 0.2) is 39.9 Å². The average molecular weight is 325 g/mol. The highest BCUT2D eigenvalue weighted by Gasteiger charge is 2.31. The van der Waals surface area contributed by atoms with Crippen molar-refractivity contribution >= 4 is 17.6 Å². The largest absolute Gasteiger partial charge is 0.444 e. The van der Waals surface area contributed by atoms with Gasteiger partial charge in [-0.2, -0.15) is 0 Å². The minimum absolute atomic E-state index is 0.161. The fourth-order valence-electron chi connectivity index (χ4n) is 3.09. The summed E-state index contributed by atoms with van der Waals surface area (Å²) in [6.07, 6.45) is 3.39. The molecule has 1 saturated heterocycles. The van der Waals surface area contributed by atoms with Crippen LogP contribution in [0, 0.1) is 0 Å². The van der Waals surface area contributed by atoms with E-state index in [1.807, 2.05) is 12.1 Å². The number of rotatable bonds is 2. The Labute approximate surface area is 139 Å². The quantitative estimate of drug-likeness (QED) is 0.851. The van der Waals surface area contributed by atoms with Crippen LogP contribution in [-0.4, -0.2) is 52.8 Å². The molecule has 3 heterocycles. The SMILES string of the molecule is Nc1ccc(-c2nc(C(=O)N3CCCN4CCCN=C43)co2)cc1. The van der Waals surface area contributed by atoms with Gasteiger partial charge in [0.2, 0.25) is 11.9 Å². The molecule has 124 valence electrons. The Morgan fingerprint density at radius 2 is 1.92 bits per heavy atom. The number of aliphatic imine (C=N–C) groups is 1. The molecule has 1 aromatic heterocycles. The number of carbonyl (C=O) groups is 1. The predicted molar refractivity (Wildman–Crippen MR) is 90.5 cm³/mol. The van der Waals surface area contributed by atoms with Crippen molar-refractivity contribution in [3.8, 4) is 11.5 Å². The van der Waals surface area contributed by atoms with Crippen LogP contribution in [0.2, 0.25) is 0 Å². The number of oxazole rings is 1. The number of nitrogens with zero attached hydrogens (tertiary/aromatic N) is 4. The lowest BCUT2D eigenvalue weighted by atomic mass is 10.2. The highest BCUT2D eigenvalue weighted by molar-refractivity contribution is 6.05. The third-order valence-electron chi connectivity index (χ3n) is 4.30. The maximum Gasteiger partial charge on any atom is 0.282 e. The van der Waals surface area contributed by atoms with Gasteiger partial charge in [0, 0.05) is 37.4 Å². The van der Waals surface area contributed by atoms with Crippen LogP contribution in [0.3, 0.4) is 0 Å². The molecule has 0 spiro atoms. The number of nitrogen functional groups attached to an aromatic ring is 1. The molecule has 0 bridgehead atoms. The Balaban J connectivity index is 1.58. The van der Waals surface area contributed by atoms with Gasteiger partial charge in [-0.05, 0) is 37.1 Å². The van der Waals surface area contributed by atoms with Gasteiger partial charge in [-0.1, -0.05) is 0 Å². The van der Waals surface area contributed by atoms with E-state index in [4.69, 9.17) is 10.2 Å². The van der Waals surface area contributed by atoms with E-state index in [1.54, 1.807) is 17.0 Å². The van der Waals surface area contributed by atoms with Crippen LogP contribution < -0.4 is 5.73 Å². The van der Waals surface area contributed by atoms with Gasteiger partial charge in [0.25, 0.3) is 5.91 Å². The summed E-state index contributed by atoms with van der Waals surface area (Å²) in [5.74, 6) is 1.03. The number of guanidine groups is 1. The van der Waals surface area contributed by atoms with Gasteiger partial charge in [-0.25, -0.2) is 4.98 Å². The molecular weight excluding hydrogens is 306 g/mol. The Morgan fingerprint density at radius 3 is 2.75 bits per heavy atom. The fourth-order valence-corrected chi connectivity index (χ4v) is 3.09. The summed E-state index contributed by atoms with van der Waals surface area (Å²) in [7, 11) is 0. The Hall–Kier alpha value is -2.83. The molecule has 2 N–H and O–H groups in total. The van der Waals surface area contributed by atoms with Gasteiger partial charge in [-0.3, -0.25) is 14.7 Å². The van der Waals surface area contributed by atoms with Crippen molar-refractivity contribution in [3.05, 3.63) is 36.2 Å². The number of aromatic nitrogens is 1. The molecule has 7 heteroatoms. The molecule has 0 aliphatic carbocycles. The minimum atomic E-state index is -0.161. The van der Waals surface area contributed by atoms with Crippen molar-refractivity contribution < 1.29 is 9.21 Å². The van der Waals surface area contributed by atoms with E-state index in [1.165, 1.54) is 6.26 Å². The number of nitrogens with two attached hydrogens (primary N) is 1. The van der Waals surface area contributed by atoms with Gasteiger partial charge in [0.05, 0.1) is 0 Å². The summed E-state index contributed by atoms with van der Waals surface area (Å²) in [6, 6.07) is 7.20. The average Bonchev–Trinajstić information content (AvgIpc) is 3.11. The zero-order valence-electron chi connectivity index (χ0n) is 13.3. The summed E-state index contributed by atoms with van der Waals surface area (Å²) >= 11 is 0. The van der Waals surface area contributed by atoms with Crippen molar-refractivity contribution in [1.29, 1.82) is 0 Å². The second-order valence-electron chi connectivity index (χ2n) is 5.99. The standard InChI is InChI=1S/C17H19N5O2/c18-13-5-3-12(4-6-13)15-20-14(11-24-15)16(23)22-10-2-9-21-8-1-7-19-17(21)22/h3-6,11H,1-2,7-10,18H2. The second-order valence-corrected chi connectivity index (χ2v) is 5.99. The molecule has 0 radical (unpaired) electrons. The van der Waals surface area contributed by atoms with E-state index in [2.05, 4.69) is 14.9 Å². The first-order chi connectivity index (χ1) is 11.7. The second kappa shape index (κ2) is 5.99. The highest BCUT2D eigenvalue weighted by atomic mass is 16.3. The Kier molecular flexibility index (Phi) is 3.68. The summed E-state index contributed by atoms with van der Waals surface area (Å²) in [6.45, 7) is 3.35. The van der Waals surface area contributed by atoms with E-state index in [0.29, 0.717) is 23.8 Å². The maximum atomic E-state index is 12.8. The molecule has 7 nitrogen and oxygen atoms in total. The van der Waals surface area contributed by atoms with Crippen molar-refractivity contribution in [2.24, 2.45) is 4.99 Å². The zero-order valence-corrected chi connectivity index (χ0v) is 13.3. The topological polar surface area (TPSA) is 88.0 Å². The van der Waals surface area contributed by atoms with Crippen LogP contribution in [-0.2, 0) is 0 Å². The van der Waals surface area contributed by atoms with Gasteiger partial charge >= 0.3 is 0 Å². The molecule has 0 unspecified atom stereocenters. The van der Waals surface area contributed by atoms with Crippen LogP contribution in [0.25, 0.3) is 11.5 Å². The summed E-state index contributed by atoms with van der Waals surface area (Å²) in [4.78, 5) is 25.6. The number of amides is 1. The molecule has 2 aliphatic rings. The molecule has 2 aromatic rings. The molecule has 2 aliphatic heterocycles. The zero-order chi connectivity index (χ0) is 16.5. The highest BCUT2D eigenvalue weighted by Crippen LogP contribution is 2.22. The lowest BCUT2D eigenvalue weighted by Gasteiger charge is -2.39.